The first kappa shape index (κ1) is 30.5. The first-order chi connectivity index (χ1) is 22.5. The third kappa shape index (κ3) is 6.05. The van der Waals surface area contributed by atoms with Gasteiger partial charge in [0.05, 0.1) is 36.8 Å². The summed E-state index contributed by atoms with van der Waals surface area (Å²) in [7, 11) is 0. The molecule has 7 rings (SSSR count). The van der Waals surface area contributed by atoms with Gasteiger partial charge in [0.2, 0.25) is 11.8 Å². The normalized spacial score (nSPS) is 25.7. The number of likely N-dealkylation sites (tertiary alicyclic amines) is 2. The largest absolute Gasteiger partial charge is 0.508 e. The molecule has 3 aliphatic heterocycles. The Morgan fingerprint density at radius 1 is 0.935 bits per heavy atom. The molecule has 4 atom stereocenters. The number of imide groups is 1. The van der Waals surface area contributed by atoms with Crippen LogP contribution < -0.4 is 0 Å². The van der Waals surface area contributed by atoms with Crippen LogP contribution in [0.4, 0.5) is 0 Å². The summed E-state index contributed by atoms with van der Waals surface area (Å²) in [6, 6.07) is 23.2. The molecule has 3 fully saturated rings. The Bertz CT molecular complexity index is 1610. The van der Waals surface area contributed by atoms with Crippen LogP contribution in [0, 0.1) is 17.8 Å². The van der Waals surface area contributed by atoms with Gasteiger partial charge >= 0.3 is 0 Å². The van der Waals surface area contributed by atoms with E-state index >= 15 is 0 Å². The molecule has 238 valence electrons. The maximum Gasteiger partial charge on any atom is 0.234 e. The minimum absolute atomic E-state index is 0.0540. The van der Waals surface area contributed by atoms with Crippen LogP contribution in [0.1, 0.15) is 48.9 Å². The molecule has 0 unspecified atom stereocenters. The maximum atomic E-state index is 14.1. The number of aromatic nitrogens is 1. The Labute approximate surface area is 270 Å². The molecule has 3 aromatic rings. The zero-order valence-electron chi connectivity index (χ0n) is 26.0. The van der Waals surface area contributed by atoms with Crippen molar-refractivity contribution in [3.8, 4) is 5.75 Å². The van der Waals surface area contributed by atoms with Gasteiger partial charge in [0.1, 0.15) is 5.75 Å². The highest BCUT2D eigenvalue weighted by molar-refractivity contribution is 6.06. The molecule has 3 saturated heterocycles. The van der Waals surface area contributed by atoms with Gasteiger partial charge in [0.15, 0.2) is 0 Å². The Balaban J connectivity index is 1.05. The van der Waals surface area contributed by atoms with Crippen LogP contribution in [0.15, 0.2) is 90.1 Å². The van der Waals surface area contributed by atoms with Crippen LogP contribution in [0.5, 0.6) is 5.75 Å². The predicted octanol–water partition coefficient (Wildman–Crippen LogP) is 5.08. The number of hydrogen-bond donors (Lipinski definition) is 2. The zero-order chi connectivity index (χ0) is 31.6. The lowest BCUT2D eigenvalue weighted by Crippen LogP contribution is -2.47. The second-order valence-electron chi connectivity index (χ2n) is 13.0. The molecule has 1 aliphatic carbocycles. The fourth-order valence-electron chi connectivity index (χ4n) is 8.07. The monoisotopic (exact) mass is 619 g/mol. The smallest absolute Gasteiger partial charge is 0.234 e. The first-order valence-electron chi connectivity index (χ1n) is 16.5. The van der Waals surface area contributed by atoms with Crippen molar-refractivity contribution in [2.75, 3.05) is 26.3 Å². The van der Waals surface area contributed by atoms with Crippen LogP contribution in [-0.4, -0.2) is 75.3 Å². The predicted molar refractivity (Wildman–Crippen MR) is 175 cm³/mol. The highest BCUT2D eigenvalue weighted by Gasteiger charge is 2.58. The number of phenols is 1. The minimum atomic E-state index is -0.424. The molecule has 0 radical (unpaired) electrons. The molecule has 1 aromatic heterocycles. The lowest BCUT2D eigenvalue weighted by molar-refractivity contribution is -0.144. The molecule has 0 saturated carbocycles. The van der Waals surface area contributed by atoms with E-state index in [-0.39, 0.29) is 42.2 Å². The lowest BCUT2D eigenvalue weighted by Gasteiger charge is -2.36. The molecule has 2 N–H and O–H groups in total. The number of aliphatic hydroxyl groups excluding tert-OH is 1. The summed E-state index contributed by atoms with van der Waals surface area (Å²) in [5.41, 5.74) is 6.02. The highest BCUT2D eigenvalue weighted by Crippen LogP contribution is 2.50. The molecule has 2 amide bonds. The van der Waals surface area contributed by atoms with E-state index in [4.69, 9.17) is 4.74 Å². The van der Waals surface area contributed by atoms with Gasteiger partial charge in [-0.1, -0.05) is 48.5 Å². The highest BCUT2D eigenvalue weighted by atomic mass is 16.5. The number of ether oxygens (including phenoxy) is 1. The van der Waals surface area contributed by atoms with E-state index in [0.717, 1.165) is 60.5 Å². The average Bonchev–Trinajstić information content (AvgIpc) is 3.62. The number of piperidine rings is 1. The number of hydrogen-bond acceptors (Lipinski definition) is 7. The minimum Gasteiger partial charge on any atom is -0.508 e. The number of phenolic OH excluding ortho intramolecular Hbond substituents is 1. The van der Waals surface area contributed by atoms with Crippen molar-refractivity contribution in [2.24, 2.45) is 17.8 Å². The molecule has 0 spiro atoms. The van der Waals surface area contributed by atoms with E-state index < -0.39 is 11.8 Å². The Kier molecular flexibility index (Phi) is 8.84. The van der Waals surface area contributed by atoms with Gasteiger partial charge in [-0.2, -0.15) is 0 Å². The fourth-order valence-corrected chi connectivity index (χ4v) is 8.07. The summed E-state index contributed by atoms with van der Waals surface area (Å²) in [5.74, 6) is -0.946. The Morgan fingerprint density at radius 3 is 2.41 bits per heavy atom. The molecule has 0 bridgehead atoms. The van der Waals surface area contributed by atoms with Crippen molar-refractivity contribution in [2.45, 2.75) is 50.8 Å². The lowest BCUT2D eigenvalue weighted by atomic mass is 9.69. The number of fused-ring (bicyclic) bond motifs is 3. The van der Waals surface area contributed by atoms with Gasteiger partial charge in [-0.25, -0.2) is 0 Å². The van der Waals surface area contributed by atoms with E-state index in [0.29, 0.717) is 25.9 Å². The third-order valence-corrected chi connectivity index (χ3v) is 10.3. The van der Waals surface area contributed by atoms with Crippen LogP contribution >= 0.6 is 0 Å². The Morgan fingerprint density at radius 2 is 1.70 bits per heavy atom. The van der Waals surface area contributed by atoms with Gasteiger partial charge in [0.25, 0.3) is 0 Å². The van der Waals surface area contributed by atoms with Gasteiger partial charge in [-0.15, -0.1) is 0 Å². The van der Waals surface area contributed by atoms with Gasteiger partial charge in [0, 0.05) is 37.8 Å². The quantitative estimate of drug-likeness (QED) is 0.254. The third-order valence-electron chi connectivity index (χ3n) is 10.3. The number of aliphatic hydroxyl groups is 1. The number of pyridine rings is 1. The second-order valence-corrected chi connectivity index (χ2v) is 13.0. The fraction of sp³-hybridized carbons (Fsp3) is 0.395. The molecule has 8 nitrogen and oxygen atoms in total. The number of carbonyl (C=O) groups excluding carboxylic acids is 2. The number of rotatable bonds is 9. The van der Waals surface area contributed by atoms with Crippen LogP contribution in [-0.2, 0) is 20.9 Å². The van der Waals surface area contributed by atoms with E-state index in [1.165, 1.54) is 5.56 Å². The molecule has 4 heterocycles. The van der Waals surface area contributed by atoms with Crippen LogP contribution in [0.3, 0.4) is 0 Å². The standard InChI is InChI=1S/C38H41N3O5/c42-23-28-21-31-36(38(45)41(37(31)44)29-15-18-40(19-16-29)22-26-6-2-1-3-7-26)32-24-46-34(35(28)32)14-11-27(33-8-4-5-17-39-33)20-25-9-12-30(43)13-10-25/h1-10,12-13,17,20,29,31-32,34,36,42-43H,11,14-16,18-19,21-24H2/b27-20-/t31-,32+,34-,36-/m1/s1. The summed E-state index contributed by atoms with van der Waals surface area (Å²) >= 11 is 0. The van der Waals surface area contributed by atoms with E-state index in [9.17, 15) is 19.8 Å². The number of aromatic hydroxyl groups is 1. The summed E-state index contributed by atoms with van der Waals surface area (Å²) < 4.78 is 6.39. The summed E-state index contributed by atoms with van der Waals surface area (Å²) in [5, 5.41) is 20.2. The average molecular weight is 620 g/mol. The van der Waals surface area contributed by atoms with Gasteiger partial charge < -0.3 is 14.9 Å². The van der Waals surface area contributed by atoms with Crippen molar-refractivity contribution in [1.82, 2.24) is 14.8 Å². The maximum absolute atomic E-state index is 14.1. The molecule has 4 aliphatic rings. The number of amides is 2. The molecular weight excluding hydrogens is 578 g/mol. The van der Waals surface area contributed by atoms with E-state index in [1.807, 2.05) is 36.4 Å². The van der Waals surface area contributed by atoms with Crippen molar-refractivity contribution >= 4 is 23.5 Å². The number of benzene rings is 2. The number of nitrogens with zero attached hydrogens (tertiary/aromatic N) is 3. The first-order valence-corrected chi connectivity index (χ1v) is 16.5. The second kappa shape index (κ2) is 13.3. The summed E-state index contributed by atoms with van der Waals surface area (Å²) in [6.07, 6.45) is 6.93. The van der Waals surface area contributed by atoms with E-state index in [1.54, 1.807) is 23.2 Å². The Hall–Kier alpha value is -4.11. The van der Waals surface area contributed by atoms with Gasteiger partial charge in [-0.3, -0.25) is 24.4 Å². The molecular formula is C38H41N3O5. The van der Waals surface area contributed by atoms with E-state index in [2.05, 4.69) is 40.2 Å². The zero-order valence-corrected chi connectivity index (χ0v) is 26.0. The number of carbonyl (C=O) groups is 2. The van der Waals surface area contributed by atoms with Gasteiger partial charge in [-0.05, 0) is 90.3 Å². The number of allylic oxidation sites excluding steroid dienone is 1. The van der Waals surface area contributed by atoms with Crippen molar-refractivity contribution in [1.29, 1.82) is 0 Å². The van der Waals surface area contributed by atoms with Crippen molar-refractivity contribution < 1.29 is 24.5 Å². The SMILES string of the molecule is O=C1[C@@H]2[C@@H](CC(CO)=C3[C@@H](CC/C(=C/c4ccc(O)cc4)c4ccccn4)OC[C@@H]32)C(=O)N1C1CCN(Cc2ccccc2)CC1. The van der Waals surface area contributed by atoms with Crippen molar-refractivity contribution in [3.63, 3.8) is 0 Å². The topological polar surface area (TPSA) is 103 Å². The summed E-state index contributed by atoms with van der Waals surface area (Å²) in [6.45, 7) is 2.82. The molecule has 8 heteroatoms. The molecule has 46 heavy (non-hydrogen) atoms. The van der Waals surface area contributed by atoms with Crippen LogP contribution in [0.2, 0.25) is 0 Å². The van der Waals surface area contributed by atoms with Crippen LogP contribution in [0.25, 0.3) is 11.6 Å². The van der Waals surface area contributed by atoms with Crippen molar-refractivity contribution in [3.05, 3.63) is 107 Å². The summed E-state index contributed by atoms with van der Waals surface area (Å²) in [4.78, 5) is 36.5. The molecule has 2 aromatic carbocycles.